The molecule has 2 aromatic carbocycles. The second-order valence-corrected chi connectivity index (χ2v) is 5.22. The lowest BCUT2D eigenvalue weighted by Gasteiger charge is -2.11. The number of para-hydroxylation sites is 1. The van der Waals surface area contributed by atoms with Crippen molar-refractivity contribution < 1.29 is 5.11 Å². The van der Waals surface area contributed by atoms with E-state index in [9.17, 15) is 5.11 Å². The summed E-state index contributed by atoms with van der Waals surface area (Å²) in [6.45, 7) is 1.98. The highest BCUT2D eigenvalue weighted by atomic mass is 16.3. The zero-order valence-electron chi connectivity index (χ0n) is 12.0. The summed E-state index contributed by atoms with van der Waals surface area (Å²) in [5.74, 6) is 0.245. The maximum Gasteiger partial charge on any atom is 0.183 e. The Labute approximate surface area is 126 Å². The van der Waals surface area contributed by atoms with Crippen molar-refractivity contribution in [3.8, 4) is 5.75 Å². The van der Waals surface area contributed by atoms with E-state index in [1.807, 2.05) is 43.3 Å². The van der Waals surface area contributed by atoms with Gasteiger partial charge in [0.2, 0.25) is 0 Å². The van der Waals surface area contributed by atoms with Crippen molar-refractivity contribution in [2.45, 2.75) is 6.92 Å². The van der Waals surface area contributed by atoms with Crippen molar-refractivity contribution in [1.29, 1.82) is 0 Å². The molecule has 0 atom stereocenters. The van der Waals surface area contributed by atoms with Crippen LogP contribution in [-0.4, -0.2) is 20.3 Å². The minimum absolute atomic E-state index is 0.245. The van der Waals surface area contributed by atoms with Gasteiger partial charge in [-0.3, -0.25) is 5.10 Å². The number of anilines is 2. The van der Waals surface area contributed by atoms with Gasteiger partial charge in [-0.25, -0.2) is 4.98 Å². The first-order valence-corrected chi connectivity index (χ1v) is 7.02. The number of aromatic nitrogens is 3. The van der Waals surface area contributed by atoms with Gasteiger partial charge in [0.1, 0.15) is 5.75 Å². The fourth-order valence-electron chi connectivity index (χ4n) is 2.65. The number of aryl methyl sites for hydroxylation is 1. The van der Waals surface area contributed by atoms with Gasteiger partial charge in [0.05, 0.1) is 16.6 Å². The summed E-state index contributed by atoms with van der Waals surface area (Å²) in [6.07, 6.45) is 0. The molecule has 0 spiro atoms. The van der Waals surface area contributed by atoms with Crippen molar-refractivity contribution in [1.82, 2.24) is 15.2 Å². The Bertz CT molecular complexity index is 973. The summed E-state index contributed by atoms with van der Waals surface area (Å²) >= 11 is 0. The van der Waals surface area contributed by atoms with Crippen LogP contribution in [0.3, 0.4) is 0 Å². The maximum atomic E-state index is 9.42. The average molecular weight is 290 g/mol. The number of fused-ring (bicyclic) bond motifs is 2. The van der Waals surface area contributed by atoms with Crippen molar-refractivity contribution in [3.63, 3.8) is 0 Å². The van der Waals surface area contributed by atoms with Crippen molar-refractivity contribution in [3.05, 3.63) is 54.2 Å². The third kappa shape index (κ3) is 1.95. The summed E-state index contributed by atoms with van der Waals surface area (Å²) in [5.41, 5.74) is 4.42. The van der Waals surface area contributed by atoms with Crippen LogP contribution in [0, 0.1) is 6.92 Å². The molecule has 0 aliphatic carbocycles. The number of phenols is 1. The number of nitrogens with zero attached hydrogens (tertiary/aromatic N) is 2. The minimum Gasteiger partial charge on any atom is -0.508 e. The van der Waals surface area contributed by atoms with E-state index in [1.54, 1.807) is 12.1 Å². The molecule has 0 saturated carbocycles. The lowest BCUT2D eigenvalue weighted by atomic mass is 10.1. The molecule has 0 bridgehead atoms. The Kier molecular flexibility index (Phi) is 2.72. The van der Waals surface area contributed by atoms with E-state index in [4.69, 9.17) is 0 Å². The Morgan fingerprint density at radius 3 is 2.64 bits per heavy atom. The van der Waals surface area contributed by atoms with Crippen molar-refractivity contribution in [2.24, 2.45) is 0 Å². The van der Waals surface area contributed by atoms with Gasteiger partial charge in [-0.2, -0.15) is 5.10 Å². The molecule has 0 aliphatic rings. The molecule has 0 saturated heterocycles. The second kappa shape index (κ2) is 4.73. The fraction of sp³-hybridized carbons (Fsp3) is 0.0588. The monoisotopic (exact) mass is 290 g/mol. The average Bonchev–Trinajstić information content (AvgIpc) is 2.90. The van der Waals surface area contributed by atoms with E-state index in [0.717, 1.165) is 33.4 Å². The number of rotatable bonds is 2. The van der Waals surface area contributed by atoms with E-state index < -0.39 is 0 Å². The van der Waals surface area contributed by atoms with Crippen LogP contribution in [0.4, 0.5) is 11.4 Å². The predicted octanol–water partition coefficient (Wildman–Crippen LogP) is 3.87. The number of pyridine rings is 1. The molecular formula is C17H14N4O. The normalized spacial score (nSPS) is 11.1. The number of H-pyrrole nitrogens is 1. The molecule has 5 heteroatoms. The zero-order valence-corrected chi connectivity index (χ0v) is 12.0. The van der Waals surface area contributed by atoms with Crippen LogP contribution in [0.5, 0.6) is 5.75 Å². The second-order valence-electron chi connectivity index (χ2n) is 5.22. The molecule has 22 heavy (non-hydrogen) atoms. The highest BCUT2D eigenvalue weighted by Gasteiger charge is 2.13. The molecule has 4 rings (SSSR count). The highest BCUT2D eigenvalue weighted by Crippen LogP contribution is 2.34. The van der Waals surface area contributed by atoms with Gasteiger partial charge in [0.25, 0.3) is 0 Å². The number of phenolic OH excluding ortho intramolecular Hbond substituents is 1. The lowest BCUT2D eigenvalue weighted by molar-refractivity contribution is 0.475. The van der Waals surface area contributed by atoms with E-state index in [1.165, 1.54) is 0 Å². The summed E-state index contributed by atoms with van der Waals surface area (Å²) in [7, 11) is 0. The molecule has 0 aliphatic heterocycles. The molecule has 4 aromatic rings. The first-order chi connectivity index (χ1) is 10.7. The van der Waals surface area contributed by atoms with Crippen LogP contribution in [0.1, 0.15) is 5.69 Å². The molecule has 0 radical (unpaired) electrons. The Balaban J connectivity index is 1.99. The van der Waals surface area contributed by atoms with Gasteiger partial charge in [-0.1, -0.05) is 18.2 Å². The first-order valence-electron chi connectivity index (χ1n) is 7.02. The summed E-state index contributed by atoms with van der Waals surface area (Å²) in [5, 5.41) is 22.1. The number of benzene rings is 2. The van der Waals surface area contributed by atoms with Crippen LogP contribution in [0.25, 0.3) is 21.9 Å². The predicted molar refractivity (Wildman–Crippen MR) is 87.5 cm³/mol. The van der Waals surface area contributed by atoms with E-state index in [0.29, 0.717) is 5.65 Å². The molecule has 0 amide bonds. The van der Waals surface area contributed by atoms with E-state index >= 15 is 0 Å². The summed E-state index contributed by atoms with van der Waals surface area (Å²) < 4.78 is 0. The third-order valence-corrected chi connectivity index (χ3v) is 3.71. The fourth-order valence-corrected chi connectivity index (χ4v) is 2.65. The van der Waals surface area contributed by atoms with Gasteiger partial charge < -0.3 is 10.4 Å². The molecule has 0 fully saturated rings. The molecular weight excluding hydrogens is 276 g/mol. The third-order valence-electron chi connectivity index (χ3n) is 3.71. The number of hydrogen-bond donors (Lipinski definition) is 3. The van der Waals surface area contributed by atoms with Crippen LogP contribution < -0.4 is 5.32 Å². The first kappa shape index (κ1) is 12.6. The molecule has 3 N–H and O–H groups in total. The Morgan fingerprint density at radius 2 is 1.82 bits per heavy atom. The van der Waals surface area contributed by atoms with Crippen LogP contribution in [0.15, 0.2) is 48.5 Å². The topological polar surface area (TPSA) is 73.8 Å². The Hall–Kier alpha value is -3.08. The SMILES string of the molecule is Cc1[nH]nc2nc3ccccc3c(Nc3ccc(O)cc3)c12. The number of aromatic amines is 1. The smallest absolute Gasteiger partial charge is 0.183 e. The summed E-state index contributed by atoms with van der Waals surface area (Å²) in [4.78, 5) is 4.59. The van der Waals surface area contributed by atoms with Crippen molar-refractivity contribution in [2.75, 3.05) is 5.32 Å². The summed E-state index contributed by atoms with van der Waals surface area (Å²) in [6, 6.07) is 15.0. The van der Waals surface area contributed by atoms with Crippen LogP contribution in [0.2, 0.25) is 0 Å². The van der Waals surface area contributed by atoms with E-state index in [-0.39, 0.29) is 5.75 Å². The molecule has 2 aromatic heterocycles. The molecule has 2 heterocycles. The largest absolute Gasteiger partial charge is 0.508 e. The number of nitrogens with one attached hydrogen (secondary N) is 2. The van der Waals surface area contributed by atoms with Gasteiger partial charge in [-0.05, 0) is 37.3 Å². The zero-order chi connectivity index (χ0) is 15.1. The standard InChI is InChI=1S/C17H14N4O/c1-10-15-16(18-11-6-8-12(22)9-7-11)13-4-2-3-5-14(13)19-17(15)21-20-10/h2-9,22H,1H3,(H2,18,19,20,21). The quantitative estimate of drug-likeness (QED) is 0.490. The van der Waals surface area contributed by atoms with Gasteiger partial charge in [0.15, 0.2) is 5.65 Å². The van der Waals surface area contributed by atoms with Crippen molar-refractivity contribution >= 4 is 33.3 Å². The van der Waals surface area contributed by atoms with Gasteiger partial charge in [-0.15, -0.1) is 0 Å². The van der Waals surface area contributed by atoms with Gasteiger partial charge in [0, 0.05) is 16.8 Å². The maximum absolute atomic E-state index is 9.42. The number of aromatic hydroxyl groups is 1. The lowest BCUT2D eigenvalue weighted by Crippen LogP contribution is -1.95. The highest BCUT2D eigenvalue weighted by molar-refractivity contribution is 6.08. The van der Waals surface area contributed by atoms with E-state index in [2.05, 4.69) is 20.5 Å². The van der Waals surface area contributed by atoms with Crippen LogP contribution >= 0.6 is 0 Å². The van der Waals surface area contributed by atoms with Gasteiger partial charge >= 0.3 is 0 Å². The Morgan fingerprint density at radius 1 is 1.05 bits per heavy atom. The number of hydrogen-bond acceptors (Lipinski definition) is 4. The minimum atomic E-state index is 0.245. The molecule has 5 nitrogen and oxygen atoms in total. The molecule has 0 unspecified atom stereocenters. The van der Waals surface area contributed by atoms with Crippen LogP contribution in [-0.2, 0) is 0 Å². The molecule has 108 valence electrons.